The summed E-state index contributed by atoms with van der Waals surface area (Å²) in [7, 11) is 1.85. The second-order valence-electron chi connectivity index (χ2n) is 5.05. The maximum Gasteiger partial charge on any atom is 0.328 e. The summed E-state index contributed by atoms with van der Waals surface area (Å²) in [6.07, 6.45) is 1.86. The average molecular weight is 223 g/mol. The van der Waals surface area contributed by atoms with Gasteiger partial charge in [-0.1, -0.05) is 0 Å². The zero-order valence-electron chi connectivity index (χ0n) is 10.1. The van der Waals surface area contributed by atoms with E-state index < -0.39 is 5.60 Å². The lowest BCUT2D eigenvalue weighted by Gasteiger charge is -2.22. The van der Waals surface area contributed by atoms with E-state index in [2.05, 4.69) is 10.4 Å². The van der Waals surface area contributed by atoms with Crippen molar-refractivity contribution in [3.8, 4) is 0 Å². The number of hydrogen-bond donors (Lipinski definition) is 1. The summed E-state index contributed by atoms with van der Waals surface area (Å²) >= 11 is 0. The molecule has 0 aliphatic carbocycles. The first-order valence-corrected chi connectivity index (χ1v) is 5.35. The molecule has 2 rings (SSSR count). The highest BCUT2D eigenvalue weighted by molar-refractivity contribution is 5.79. The summed E-state index contributed by atoms with van der Waals surface area (Å²) in [6, 6.07) is -0.372. The predicted molar refractivity (Wildman–Crippen MR) is 58.6 cm³/mol. The Bertz CT molecular complexity index is 417. The average Bonchev–Trinajstić information content (AvgIpc) is 2.58. The topological polar surface area (TPSA) is 56.2 Å². The summed E-state index contributed by atoms with van der Waals surface area (Å²) in [6.45, 7) is 6.22. The van der Waals surface area contributed by atoms with Crippen molar-refractivity contribution in [3.05, 3.63) is 17.5 Å². The van der Waals surface area contributed by atoms with Gasteiger partial charge in [-0.05, 0) is 20.8 Å². The minimum Gasteiger partial charge on any atom is -0.459 e. The highest BCUT2D eigenvalue weighted by atomic mass is 16.6. The fourth-order valence-corrected chi connectivity index (χ4v) is 1.81. The third kappa shape index (κ3) is 2.09. The first-order chi connectivity index (χ1) is 7.37. The Morgan fingerprint density at radius 2 is 2.31 bits per heavy atom. The van der Waals surface area contributed by atoms with Crippen LogP contribution in [0.15, 0.2) is 6.20 Å². The molecule has 0 radical (unpaired) electrons. The zero-order valence-corrected chi connectivity index (χ0v) is 10.1. The maximum atomic E-state index is 11.9. The molecule has 0 aromatic carbocycles. The highest BCUT2D eigenvalue weighted by Crippen LogP contribution is 2.26. The van der Waals surface area contributed by atoms with Gasteiger partial charge in [-0.3, -0.25) is 10.00 Å². The number of nitrogens with zero attached hydrogens (tertiary/aromatic N) is 2. The van der Waals surface area contributed by atoms with Gasteiger partial charge in [0.05, 0.1) is 5.69 Å². The second-order valence-corrected chi connectivity index (χ2v) is 5.05. The Labute approximate surface area is 94.8 Å². The molecule has 0 fully saturated rings. The molecule has 88 valence electrons. The van der Waals surface area contributed by atoms with Crippen LogP contribution in [0.1, 0.15) is 38.1 Å². The molecule has 1 unspecified atom stereocenters. The number of rotatable bonds is 1. The van der Waals surface area contributed by atoms with E-state index in [0.717, 1.165) is 11.3 Å². The number of nitrogens with one attached hydrogen (secondary N) is 1. The zero-order chi connectivity index (χ0) is 11.9. The number of ether oxygens (including phenoxy) is 1. The Morgan fingerprint density at radius 1 is 1.62 bits per heavy atom. The van der Waals surface area contributed by atoms with E-state index in [1.54, 1.807) is 4.68 Å². The molecular weight excluding hydrogens is 206 g/mol. The maximum absolute atomic E-state index is 11.9. The van der Waals surface area contributed by atoms with Crippen LogP contribution in [-0.2, 0) is 23.1 Å². The van der Waals surface area contributed by atoms with E-state index >= 15 is 0 Å². The summed E-state index contributed by atoms with van der Waals surface area (Å²) in [5.41, 5.74) is 1.40. The van der Waals surface area contributed by atoms with E-state index in [9.17, 15) is 4.79 Å². The molecule has 0 bridgehead atoms. The van der Waals surface area contributed by atoms with Crippen molar-refractivity contribution in [1.82, 2.24) is 15.1 Å². The number of fused-ring (bicyclic) bond motifs is 1. The van der Waals surface area contributed by atoms with Gasteiger partial charge < -0.3 is 4.74 Å². The van der Waals surface area contributed by atoms with Gasteiger partial charge in [-0.25, -0.2) is 4.79 Å². The van der Waals surface area contributed by atoms with Crippen molar-refractivity contribution in [3.63, 3.8) is 0 Å². The second kappa shape index (κ2) is 3.59. The van der Waals surface area contributed by atoms with Crippen LogP contribution in [0.5, 0.6) is 0 Å². The Balaban J connectivity index is 2.15. The van der Waals surface area contributed by atoms with E-state index in [-0.39, 0.29) is 12.0 Å². The third-order valence-corrected chi connectivity index (χ3v) is 2.36. The summed E-state index contributed by atoms with van der Waals surface area (Å²) in [5.74, 6) is -0.237. The van der Waals surface area contributed by atoms with Crippen LogP contribution in [0.4, 0.5) is 0 Å². The summed E-state index contributed by atoms with van der Waals surface area (Å²) < 4.78 is 7.07. The molecule has 1 aliphatic rings. The molecule has 0 spiro atoms. The lowest BCUT2D eigenvalue weighted by Crippen LogP contribution is -2.31. The molecule has 0 amide bonds. The van der Waals surface area contributed by atoms with E-state index in [4.69, 9.17) is 4.74 Å². The molecule has 0 saturated heterocycles. The van der Waals surface area contributed by atoms with Gasteiger partial charge in [0.15, 0.2) is 0 Å². The number of carbonyl (C=O) groups excluding carboxylic acids is 1. The molecule has 5 nitrogen and oxygen atoms in total. The quantitative estimate of drug-likeness (QED) is 0.719. The predicted octanol–water partition coefficient (Wildman–Crippen LogP) is 0.906. The van der Waals surface area contributed by atoms with Crippen molar-refractivity contribution < 1.29 is 9.53 Å². The SMILES string of the molecule is Cn1cc2c(n1)CNC2C(=O)OC(C)(C)C. The molecule has 2 heterocycles. The van der Waals surface area contributed by atoms with Crippen molar-refractivity contribution >= 4 is 5.97 Å². The molecule has 5 heteroatoms. The number of carbonyl (C=O) groups is 1. The number of aryl methyl sites for hydroxylation is 1. The van der Waals surface area contributed by atoms with Crippen molar-refractivity contribution in [2.24, 2.45) is 7.05 Å². The van der Waals surface area contributed by atoms with Crippen LogP contribution in [0.25, 0.3) is 0 Å². The first-order valence-electron chi connectivity index (χ1n) is 5.35. The van der Waals surface area contributed by atoms with Crippen molar-refractivity contribution in [2.45, 2.75) is 39.0 Å². The van der Waals surface area contributed by atoms with Crippen LogP contribution < -0.4 is 5.32 Å². The number of esters is 1. The van der Waals surface area contributed by atoms with Crippen LogP contribution in [-0.4, -0.2) is 21.4 Å². The minimum absolute atomic E-state index is 0.237. The van der Waals surface area contributed by atoms with Gasteiger partial charge in [-0.2, -0.15) is 5.10 Å². The molecular formula is C11H17N3O2. The highest BCUT2D eigenvalue weighted by Gasteiger charge is 2.33. The van der Waals surface area contributed by atoms with Gasteiger partial charge in [-0.15, -0.1) is 0 Å². The molecule has 1 N–H and O–H groups in total. The van der Waals surface area contributed by atoms with Gasteiger partial charge >= 0.3 is 5.97 Å². The lowest BCUT2D eigenvalue weighted by atomic mass is 10.1. The monoisotopic (exact) mass is 223 g/mol. The standard InChI is InChI=1S/C11H17N3O2/c1-11(2,3)16-10(15)9-7-6-14(4)13-8(7)5-12-9/h6,9,12H,5H2,1-4H3. The van der Waals surface area contributed by atoms with Gasteiger partial charge in [0, 0.05) is 25.4 Å². The van der Waals surface area contributed by atoms with E-state index in [1.165, 1.54) is 0 Å². The van der Waals surface area contributed by atoms with Gasteiger partial charge in [0.2, 0.25) is 0 Å². The van der Waals surface area contributed by atoms with Crippen molar-refractivity contribution in [2.75, 3.05) is 0 Å². The summed E-state index contributed by atoms with van der Waals surface area (Å²) in [4.78, 5) is 11.9. The van der Waals surface area contributed by atoms with Gasteiger partial charge in [0.25, 0.3) is 0 Å². The van der Waals surface area contributed by atoms with E-state index in [1.807, 2.05) is 34.0 Å². The molecule has 0 saturated carbocycles. The van der Waals surface area contributed by atoms with E-state index in [0.29, 0.717) is 6.54 Å². The molecule has 1 aliphatic heterocycles. The van der Waals surface area contributed by atoms with Crippen LogP contribution in [0.2, 0.25) is 0 Å². The fraction of sp³-hybridized carbons (Fsp3) is 0.636. The van der Waals surface area contributed by atoms with Crippen LogP contribution >= 0.6 is 0 Å². The van der Waals surface area contributed by atoms with Crippen LogP contribution in [0, 0.1) is 0 Å². The fourth-order valence-electron chi connectivity index (χ4n) is 1.81. The molecule has 1 aromatic heterocycles. The minimum atomic E-state index is -0.455. The Kier molecular flexibility index (Phi) is 2.50. The summed E-state index contributed by atoms with van der Waals surface area (Å²) in [5, 5.41) is 7.37. The Hall–Kier alpha value is -1.36. The normalized spacial score (nSPS) is 19.6. The molecule has 1 atom stereocenters. The van der Waals surface area contributed by atoms with Crippen LogP contribution in [0.3, 0.4) is 0 Å². The van der Waals surface area contributed by atoms with Crippen molar-refractivity contribution in [1.29, 1.82) is 0 Å². The third-order valence-electron chi connectivity index (χ3n) is 2.36. The number of hydrogen-bond acceptors (Lipinski definition) is 4. The first kappa shape index (κ1) is 11.1. The molecule has 16 heavy (non-hydrogen) atoms. The lowest BCUT2D eigenvalue weighted by molar-refractivity contribution is -0.157. The largest absolute Gasteiger partial charge is 0.459 e. The Morgan fingerprint density at radius 3 is 2.94 bits per heavy atom. The number of aromatic nitrogens is 2. The van der Waals surface area contributed by atoms with Gasteiger partial charge in [0.1, 0.15) is 11.6 Å². The smallest absolute Gasteiger partial charge is 0.328 e. The molecule has 1 aromatic rings.